The second-order valence-corrected chi connectivity index (χ2v) is 7.47. The molecule has 1 aliphatic rings. The van der Waals surface area contributed by atoms with Gasteiger partial charge in [0.1, 0.15) is 0 Å². The molecule has 1 rings (SSSR count). The van der Waals surface area contributed by atoms with Crippen molar-refractivity contribution in [2.24, 2.45) is 16.7 Å². The first-order valence-electron chi connectivity index (χ1n) is 7.92. The van der Waals surface area contributed by atoms with E-state index in [1.807, 2.05) is 20.8 Å². The van der Waals surface area contributed by atoms with Crippen LogP contribution >= 0.6 is 0 Å². The van der Waals surface area contributed by atoms with Crippen LogP contribution < -0.4 is 10.6 Å². The minimum Gasteiger partial charge on any atom is -0.481 e. The zero-order chi connectivity index (χ0) is 16.1. The predicted molar refractivity (Wildman–Crippen MR) is 83.0 cm³/mol. The van der Waals surface area contributed by atoms with Crippen molar-refractivity contribution in [2.75, 3.05) is 19.6 Å². The van der Waals surface area contributed by atoms with Gasteiger partial charge in [0.05, 0.1) is 11.3 Å². The molecule has 5 nitrogen and oxygen atoms in total. The van der Waals surface area contributed by atoms with E-state index in [0.717, 1.165) is 25.8 Å². The van der Waals surface area contributed by atoms with Crippen molar-refractivity contribution in [3.05, 3.63) is 0 Å². The number of carbonyl (C=O) groups excluding carboxylic acids is 1. The Morgan fingerprint density at radius 3 is 2.48 bits per heavy atom. The Balaban J connectivity index is 2.62. The lowest BCUT2D eigenvalue weighted by Gasteiger charge is -2.28. The molecule has 0 aliphatic carbocycles. The predicted octanol–water partition coefficient (Wildman–Crippen LogP) is 2.02. The van der Waals surface area contributed by atoms with Crippen molar-refractivity contribution in [1.29, 1.82) is 0 Å². The summed E-state index contributed by atoms with van der Waals surface area (Å²) in [5.41, 5.74) is -0.413. The van der Waals surface area contributed by atoms with Gasteiger partial charge in [-0.2, -0.15) is 0 Å². The Bertz CT molecular complexity index is 368. The first kappa shape index (κ1) is 18.0. The van der Waals surface area contributed by atoms with Gasteiger partial charge >= 0.3 is 5.97 Å². The maximum absolute atomic E-state index is 12.5. The van der Waals surface area contributed by atoms with E-state index in [2.05, 4.69) is 17.6 Å². The minimum absolute atomic E-state index is 0.00880. The van der Waals surface area contributed by atoms with Crippen LogP contribution in [0.3, 0.4) is 0 Å². The number of nitrogens with one attached hydrogen (secondary N) is 2. The molecule has 1 heterocycles. The molecule has 21 heavy (non-hydrogen) atoms. The molecule has 1 fully saturated rings. The van der Waals surface area contributed by atoms with E-state index >= 15 is 0 Å². The molecule has 3 N–H and O–H groups in total. The summed E-state index contributed by atoms with van der Waals surface area (Å²) in [5, 5.41) is 15.5. The smallest absolute Gasteiger partial charge is 0.308 e. The molecule has 2 atom stereocenters. The summed E-state index contributed by atoms with van der Waals surface area (Å²) in [6.45, 7) is 9.91. The van der Waals surface area contributed by atoms with Gasteiger partial charge in [-0.15, -0.1) is 0 Å². The van der Waals surface area contributed by atoms with Gasteiger partial charge in [0.15, 0.2) is 0 Å². The van der Waals surface area contributed by atoms with E-state index in [0.29, 0.717) is 13.0 Å². The molecule has 1 saturated heterocycles. The third kappa shape index (κ3) is 5.30. The number of carboxylic acids is 1. The summed E-state index contributed by atoms with van der Waals surface area (Å²) in [4.78, 5) is 23.9. The zero-order valence-corrected chi connectivity index (χ0v) is 13.8. The molecule has 0 aromatic rings. The van der Waals surface area contributed by atoms with E-state index in [1.54, 1.807) is 0 Å². The number of hydrogen-bond donors (Lipinski definition) is 3. The maximum atomic E-state index is 12.5. The number of carbonyl (C=O) groups is 2. The van der Waals surface area contributed by atoms with Crippen LogP contribution in [0.5, 0.6) is 0 Å². The fourth-order valence-electron chi connectivity index (χ4n) is 3.13. The van der Waals surface area contributed by atoms with Crippen LogP contribution in [0.25, 0.3) is 0 Å². The van der Waals surface area contributed by atoms with Gasteiger partial charge in [0, 0.05) is 13.1 Å². The fourth-order valence-corrected chi connectivity index (χ4v) is 3.13. The fraction of sp³-hybridized carbons (Fsp3) is 0.875. The zero-order valence-electron chi connectivity index (χ0n) is 13.8. The molecule has 0 radical (unpaired) electrons. The monoisotopic (exact) mass is 298 g/mol. The SMILES string of the molecule is CCCC1(C(=O)NCC(CC(C)(C)C)C(=O)O)CCNC1. The number of amides is 1. The molecule has 0 aromatic carbocycles. The molecule has 0 aromatic heterocycles. The molecule has 1 aliphatic heterocycles. The number of aliphatic carboxylic acids is 1. The third-order valence-corrected chi connectivity index (χ3v) is 4.17. The normalized spacial score (nSPS) is 23.8. The van der Waals surface area contributed by atoms with Crippen LogP contribution in [-0.2, 0) is 9.59 Å². The lowest BCUT2D eigenvalue weighted by Crippen LogP contribution is -2.45. The average molecular weight is 298 g/mol. The molecular formula is C16H30N2O3. The quantitative estimate of drug-likeness (QED) is 0.672. The van der Waals surface area contributed by atoms with Crippen molar-refractivity contribution < 1.29 is 14.7 Å². The number of rotatable bonds is 7. The first-order chi connectivity index (χ1) is 9.70. The Hall–Kier alpha value is -1.10. The summed E-state index contributed by atoms with van der Waals surface area (Å²) in [6.07, 6.45) is 3.20. The second kappa shape index (κ2) is 7.25. The lowest BCUT2D eigenvalue weighted by atomic mass is 9.81. The van der Waals surface area contributed by atoms with Gasteiger partial charge in [-0.1, -0.05) is 34.1 Å². The van der Waals surface area contributed by atoms with E-state index in [9.17, 15) is 14.7 Å². The maximum Gasteiger partial charge on any atom is 0.308 e. The van der Waals surface area contributed by atoms with Crippen LogP contribution in [-0.4, -0.2) is 36.6 Å². The molecule has 1 amide bonds. The van der Waals surface area contributed by atoms with Gasteiger partial charge in [-0.25, -0.2) is 0 Å². The Morgan fingerprint density at radius 1 is 1.38 bits per heavy atom. The van der Waals surface area contributed by atoms with Gasteiger partial charge < -0.3 is 15.7 Å². The average Bonchev–Trinajstić information content (AvgIpc) is 2.82. The molecule has 5 heteroatoms. The number of hydrogen-bond acceptors (Lipinski definition) is 3. The Labute approximate surface area is 127 Å². The number of carboxylic acid groups (broad SMARTS) is 1. The molecule has 0 saturated carbocycles. The van der Waals surface area contributed by atoms with Gasteiger partial charge in [-0.3, -0.25) is 9.59 Å². The van der Waals surface area contributed by atoms with Crippen molar-refractivity contribution in [3.8, 4) is 0 Å². The Morgan fingerprint density at radius 2 is 2.05 bits per heavy atom. The van der Waals surface area contributed by atoms with E-state index in [4.69, 9.17) is 0 Å². The van der Waals surface area contributed by atoms with Crippen molar-refractivity contribution >= 4 is 11.9 Å². The highest BCUT2D eigenvalue weighted by atomic mass is 16.4. The van der Waals surface area contributed by atoms with Gasteiger partial charge in [0.25, 0.3) is 0 Å². The highest BCUT2D eigenvalue weighted by Gasteiger charge is 2.40. The molecular weight excluding hydrogens is 268 g/mol. The molecule has 0 spiro atoms. The van der Waals surface area contributed by atoms with Crippen molar-refractivity contribution in [2.45, 2.75) is 53.4 Å². The Kier molecular flexibility index (Phi) is 6.20. The van der Waals surface area contributed by atoms with Crippen molar-refractivity contribution in [3.63, 3.8) is 0 Å². The van der Waals surface area contributed by atoms with Crippen LogP contribution in [0.15, 0.2) is 0 Å². The summed E-state index contributed by atoms with van der Waals surface area (Å²) in [7, 11) is 0. The molecule has 2 unspecified atom stereocenters. The van der Waals surface area contributed by atoms with Crippen LogP contribution in [0, 0.1) is 16.7 Å². The topological polar surface area (TPSA) is 78.4 Å². The van der Waals surface area contributed by atoms with Crippen molar-refractivity contribution in [1.82, 2.24) is 10.6 Å². The summed E-state index contributed by atoms with van der Waals surface area (Å²) in [6, 6.07) is 0. The largest absolute Gasteiger partial charge is 0.481 e. The van der Waals surface area contributed by atoms with E-state index in [1.165, 1.54) is 0 Å². The second-order valence-electron chi connectivity index (χ2n) is 7.47. The van der Waals surface area contributed by atoms with Crippen LogP contribution in [0.1, 0.15) is 53.4 Å². The van der Waals surface area contributed by atoms with E-state index in [-0.39, 0.29) is 23.3 Å². The lowest BCUT2D eigenvalue weighted by molar-refractivity contribution is -0.143. The van der Waals surface area contributed by atoms with Crippen LogP contribution in [0.2, 0.25) is 0 Å². The summed E-state index contributed by atoms with van der Waals surface area (Å²) < 4.78 is 0. The van der Waals surface area contributed by atoms with E-state index < -0.39 is 11.9 Å². The highest BCUT2D eigenvalue weighted by molar-refractivity contribution is 5.83. The highest BCUT2D eigenvalue weighted by Crippen LogP contribution is 2.31. The molecule has 0 bridgehead atoms. The summed E-state index contributed by atoms with van der Waals surface area (Å²) in [5.74, 6) is -1.35. The standard InChI is InChI=1S/C16H30N2O3/c1-5-6-16(7-8-17-11-16)14(21)18-10-12(13(19)20)9-15(2,3)4/h12,17H,5-11H2,1-4H3,(H,18,21)(H,19,20). The van der Waals surface area contributed by atoms with Crippen LogP contribution in [0.4, 0.5) is 0 Å². The summed E-state index contributed by atoms with van der Waals surface area (Å²) >= 11 is 0. The van der Waals surface area contributed by atoms with Gasteiger partial charge in [0.2, 0.25) is 5.91 Å². The third-order valence-electron chi connectivity index (χ3n) is 4.17. The first-order valence-corrected chi connectivity index (χ1v) is 7.92. The minimum atomic E-state index is -0.834. The molecule has 122 valence electrons. The van der Waals surface area contributed by atoms with Gasteiger partial charge in [-0.05, 0) is 31.2 Å².